The van der Waals surface area contributed by atoms with Crippen molar-refractivity contribution in [3.8, 4) is 0 Å². The van der Waals surface area contributed by atoms with Crippen molar-refractivity contribution < 1.29 is 19.4 Å². The Morgan fingerprint density at radius 2 is 1.81 bits per heavy atom. The molecule has 1 aliphatic heterocycles. The summed E-state index contributed by atoms with van der Waals surface area (Å²) in [5.74, 6) is 0. The summed E-state index contributed by atoms with van der Waals surface area (Å²) in [4.78, 5) is 44.3. The van der Waals surface area contributed by atoms with Crippen molar-refractivity contribution >= 4 is 23.2 Å². The number of nitrogens with one attached hydrogen (secondary N) is 1. The average Bonchev–Trinajstić information content (AvgIpc) is 3.16. The standard InChI is InChI=1S/C27H34N4O5/c1-18(30(26(35)36-27(2,3)4)17-19-10-6-5-7-11-19)23-16-20(14-15-29(23)25(33)34)31-22-13-9-8-12-21(22)28-24(31)32/h5-13,18,20,23H,14-17H2,1-4H3,(H,28,32)(H,33,34). The number of aromatic amines is 1. The van der Waals surface area contributed by atoms with Crippen LogP contribution in [0.5, 0.6) is 0 Å². The zero-order valence-electron chi connectivity index (χ0n) is 21.2. The third-order valence-corrected chi connectivity index (χ3v) is 6.72. The predicted molar refractivity (Wildman–Crippen MR) is 137 cm³/mol. The van der Waals surface area contributed by atoms with Crippen LogP contribution in [0, 0.1) is 0 Å². The topological polar surface area (TPSA) is 108 Å². The van der Waals surface area contributed by atoms with Crippen molar-refractivity contribution in [1.82, 2.24) is 19.4 Å². The molecule has 0 radical (unpaired) electrons. The molecule has 0 aliphatic carbocycles. The van der Waals surface area contributed by atoms with E-state index < -0.39 is 29.9 Å². The fraction of sp³-hybridized carbons (Fsp3) is 0.444. The molecule has 3 atom stereocenters. The second-order valence-corrected chi connectivity index (χ2v) is 10.4. The Hall–Kier alpha value is -3.75. The smallest absolute Gasteiger partial charge is 0.410 e. The molecule has 3 unspecified atom stereocenters. The Morgan fingerprint density at radius 3 is 2.47 bits per heavy atom. The van der Waals surface area contributed by atoms with E-state index >= 15 is 0 Å². The third kappa shape index (κ3) is 5.40. The molecule has 1 aliphatic rings. The summed E-state index contributed by atoms with van der Waals surface area (Å²) < 4.78 is 7.44. The molecule has 0 spiro atoms. The summed E-state index contributed by atoms with van der Waals surface area (Å²) in [6.45, 7) is 7.81. The van der Waals surface area contributed by atoms with Gasteiger partial charge in [0, 0.05) is 19.1 Å². The minimum atomic E-state index is -1.04. The summed E-state index contributed by atoms with van der Waals surface area (Å²) >= 11 is 0. The van der Waals surface area contributed by atoms with Gasteiger partial charge in [0.05, 0.1) is 23.1 Å². The van der Waals surface area contributed by atoms with E-state index in [1.165, 1.54) is 4.90 Å². The molecule has 2 heterocycles. The minimum absolute atomic E-state index is 0.214. The van der Waals surface area contributed by atoms with Gasteiger partial charge in [-0.15, -0.1) is 0 Å². The van der Waals surface area contributed by atoms with Gasteiger partial charge < -0.3 is 19.7 Å². The van der Waals surface area contributed by atoms with Crippen LogP contribution in [0.3, 0.4) is 0 Å². The van der Waals surface area contributed by atoms with E-state index in [1.807, 2.05) is 61.5 Å². The van der Waals surface area contributed by atoms with Gasteiger partial charge >= 0.3 is 17.9 Å². The molecule has 1 saturated heterocycles. The van der Waals surface area contributed by atoms with Crippen molar-refractivity contribution in [3.05, 3.63) is 70.6 Å². The molecule has 192 valence electrons. The number of hydrogen-bond acceptors (Lipinski definition) is 4. The first-order chi connectivity index (χ1) is 17.0. The zero-order chi connectivity index (χ0) is 26.0. The van der Waals surface area contributed by atoms with Crippen LogP contribution in [0.15, 0.2) is 59.4 Å². The van der Waals surface area contributed by atoms with Gasteiger partial charge in [-0.3, -0.25) is 9.47 Å². The molecule has 9 heteroatoms. The highest BCUT2D eigenvalue weighted by molar-refractivity contribution is 5.75. The van der Waals surface area contributed by atoms with E-state index in [0.717, 1.165) is 16.6 Å². The summed E-state index contributed by atoms with van der Waals surface area (Å²) in [7, 11) is 0. The summed E-state index contributed by atoms with van der Waals surface area (Å²) in [6, 6.07) is 15.8. The summed E-state index contributed by atoms with van der Waals surface area (Å²) in [5.41, 5.74) is 1.52. The SMILES string of the molecule is CC(C1CC(n2c(=O)[nH]c3ccccc32)CCN1C(=O)O)N(Cc1ccccc1)C(=O)OC(C)(C)C. The lowest BCUT2D eigenvalue weighted by Gasteiger charge is -2.44. The maximum Gasteiger partial charge on any atom is 0.410 e. The number of fused-ring (bicyclic) bond motifs is 1. The predicted octanol–water partition coefficient (Wildman–Crippen LogP) is 4.84. The maximum atomic E-state index is 13.3. The summed E-state index contributed by atoms with van der Waals surface area (Å²) in [6.07, 6.45) is -0.651. The van der Waals surface area contributed by atoms with Crippen LogP contribution >= 0.6 is 0 Å². The van der Waals surface area contributed by atoms with Crippen molar-refractivity contribution in [1.29, 1.82) is 0 Å². The van der Waals surface area contributed by atoms with E-state index in [1.54, 1.807) is 30.2 Å². The second kappa shape index (κ2) is 10.1. The molecule has 1 fully saturated rings. The van der Waals surface area contributed by atoms with Crippen molar-refractivity contribution in [2.45, 2.75) is 70.8 Å². The molecule has 1 aromatic heterocycles. The largest absolute Gasteiger partial charge is 0.465 e. The number of carbonyl (C=O) groups excluding carboxylic acids is 1. The fourth-order valence-electron chi connectivity index (χ4n) is 5.03. The van der Waals surface area contributed by atoms with Gasteiger partial charge in [-0.1, -0.05) is 42.5 Å². The highest BCUT2D eigenvalue weighted by Gasteiger charge is 2.40. The minimum Gasteiger partial charge on any atom is -0.465 e. The lowest BCUT2D eigenvalue weighted by Crippen LogP contribution is -2.57. The van der Waals surface area contributed by atoms with Gasteiger partial charge in [0.25, 0.3) is 0 Å². The number of ether oxygens (including phenoxy) is 1. The first-order valence-corrected chi connectivity index (χ1v) is 12.3. The number of hydrogen-bond donors (Lipinski definition) is 2. The number of rotatable bonds is 5. The zero-order valence-corrected chi connectivity index (χ0v) is 21.2. The Labute approximate surface area is 210 Å². The van der Waals surface area contributed by atoms with Gasteiger partial charge in [-0.05, 0) is 58.2 Å². The number of likely N-dealkylation sites (tertiary alicyclic amines) is 1. The van der Waals surface area contributed by atoms with E-state index in [4.69, 9.17) is 4.74 Å². The number of H-pyrrole nitrogens is 1. The Morgan fingerprint density at radius 1 is 1.14 bits per heavy atom. The number of piperidine rings is 1. The highest BCUT2D eigenvalue weighted by atomic mass is 16.6. The van der Waals surface area contributed by atoms with E-state index in [0.29, 0.717) is 12.8 Å². The number of nitrogens with zero attached hydrogens (tertiary/aromatic N) is 3. The van der Waals surface area contributed by atoms with Crippen LogP contribution in [0.4, 0.5) is 9.59 Å². The second-order valence-electron chi connectivity index (χ2n) is 10.4. The molecular formula is C27H34N4O5. The maximum absolute atomic E-state index is 13.3. The molecule has 4 rings (SSSR count). The lowest BCUT2D eigenvalue weighted by molar-refractivity contribution is -0.00408. The third-order valence-electron chi connectivity index (χ3n) is 6.72. The Kier molecular flexibility index (Phi) is 7.10. The van der Waals surface area contributed by atoms with Crippen LogP contribution in [0.25, 0.3) is 11.0 Å². The first kappa shape index (κ1) is 25.3. The molecule has 0 bridgehead atoms. The number of para-hydroxylation sites is 2. The molecule has 9 nitrogen and oxygen atoms in total. The molecule has 36 heavy (non-hydrogen) atoms. The molecule has 2 N–H and O–H groups in total. The number of aromatic nitrogens is 2. The number of carboxylic acid groups (broad SMARTS) is 1. The molecule has 3 aromatic rings. The first-order valence-electron chi connectivity index (χ1n) is 12.3. The van der Waals surface area contributed by atoms with E-state index in [9.17, 15) is 19.5 Å². The summed E-state index contributed by atoms with van der Waals surface area (Å²) in [5, 5.41) is 10.0. The van der Waals surface area contributed by atoms with Crippen LogP contribution < -0.4 is 5.69 Å². The fourth-order valence-corrected chi connectivity index (χ4v) is 5.03. The highest BCUT2D eigenvalue weighted by Crippen LogP contribution is 2.32. The molecule has 0 saturated carbocycles. The molecule has 2 aromatic carbocycles. The Bertz CT molecular complexity index is 1280. The van der Waals surface area contributed by atoms with Gasteiger partial charge in [0.1, 0.15) is 5.60 Å². The quantitative estimate of drug-likeness (QED) is 0.528. The monoisotopic (exact) mass is 494 g/mol. The van der Waals surface area contributed by atoms with Crippen LogP contribution in [-0.4, -0.2) is 60.9 Å². The lowest BCUT2D eigenvalue weighted by atomic mass is 9.91. The van der Waals surface area contributed by atoms with Crippen LogP contribution in [-0.2, 0) is 11.3 Å². The van der Waals surface area contributed by atoms with Gasteiger partial charge in [0.15, 0.2) is 0 Å². The molecular weight excluding hydrogens is 460 g/mol. The van der Waals surface area contributed by atoms with Crippen molar-refractivity contribution in [2.75, 3.05) is 6.54 Å². The molecule has 2 amide bonds. The van der Waals surface area contributed by atoms with Gasteiger partial charge in [-0.2, -0.15) is 0 Å². The van der Waals surface area contributed by atoms with Crippen molar-refractivity contribution in [2.24, 2.45) is 0 Å². The van der Waals surface area contributed by atoms with Gasteiger partial charge in [-0.25, -0.2) is 14.4 Å². The van der Waals surface area contributed by atoms with Crippen LogP contribution in [0.2, 0.25) is 0 Å². The number of benzene rings is 2. The number of imidazole rings is 1. The number of carbonyl (C=O) groups is 2. The number of amides is 2. The van der Waals surface area contributed by atoms with E-state index in [2.05, 4.69) is 4.98 Å². The van der Waals surface area contributed by atoms with E-state index in [-0.39, 0.29) is 24.8 Å². The van der Waals surface area contributed by atoms with Crippen molar-refractivity contribution in [3.63, 3.8) is 0 Å². The van der Waals surface area contributed by atoms with Crippen LogP contribution in [0.1, 0.15) is 52.1 Å². The normalized spacial score (nSPS) is 19.2. The Balaban J connectivity index is 1.68. The van der Waals surface area contributed by atoms with Gasteiger partial charge in [0.2, 0.25) is 0 Å². The average molecular weight is 495 g/mol.